The maximum Gasteiger partial charge on any atom is 0.264 e. The van der Waals surface area contributed by atoms with Gasteiger partial charge in [-0.1, -0.05) is 188 Å². The Morgan fingerprint density at radius 3 is 2.07 bits per heavy atom. The molecule has 0 aromatic heterocycles. The number of carbonyl (C=O) groups excluding carboxylic acids is 1. The largest absolute Gasteiger partial charge is 0.352 e. The highest BCUT2D eigenvalue weighted by molar-refractivity contribution is 7.85. The number of hydrogen-bond donors (Lipinski definition) is 4. The predicted octanol–water partition coefficient (Wildman–Crippen LogP) is 14.5. The van der Waals surface area contributed by atoms with Crippen molar-refractivity contribution in [1.29, 1.82) is 0 Å². The summed E-state index contributed by atoms with van der Waals surface area (Å²) in [5.74, 6) is -0.0188. The van der Waals surface area contributed by atoms with Gasteiger partial charge < -0.3 is 20.9 Å². The lowest BCUT2D eigenvalue weighted by atomic mass is 9.68. The number of nitrogens with zero attached hydrogens (tertiary/aromatic N) is 1. The van der Waals surface area contributed by atoms with E-state index in [1.807, 2.05) is 0 Å². The third-order valence-corrected chi connectivity index (χ3v) is 16.0. The van der Waals surface area contributed by atoms with Crippen molar-refractivity contribution < 1.29 is 17.8 Å². The molecule has 8 nitrogen and oxygen atoms in total. The van der Waals surface area contributed by atoms with Crippen LogP contribution in [0.25, 0.3) is 27.1 Å². The number of carbonyl (C=O) groups is 1. The lowest BCUT2D eigenvalue weighted by Gasteiger charge is -2.36. The minimum absolute atomic E-state index is 0.0984. The molecular formula is C66H82N4O4S. The van der Waals surface area contributed by atoms with Gasteiger partial charge in [-0.25, -0.2) is 0 Å². The van der Waals surface area contributed by atoms with Crippen LogP contribution in [0.3, 0.4) is 0 Å². The molecular weight excluding hydrogens is 945 g/mol. The molecule has 396 valence electrons. The van der Waals surface area contributed by atoms with Gasteiger partial charge in [-0.15, -0.1) is 0 Å². The van der Waals surface area contributed by atoms with Crippen LogP contribution in [0.15, 0.2) is 174 Å². The lowest BCUT2D eigenvalue weighted by Crippen LogP contribution is -2.28. The topological polar surface area (TPSA) is 111 Å². The first-order chi connectivity index (χ1) is 36.1. The zero-order valence-electron chi connectivity index (χ0n) is 45.8. The maximum absolute atomic E-state index is 12.0. The van der Waals surface area contributed by atoms with E-state index in [1.54, 1.807) is 6.92 Å². The van der Waals surface area contributed by atoms with Gasteiger partial charge in [0.1, 0.15) is 0 Å². The number of unbranched alkanes of at least 4 members (excludes halogenated alkanes) is 1. The van der Waals surface area contributed by atoms with E-state index < -0.39 is 10.1 Å². The molecule has 0 spiro atoms. The van der Waals surface area contributed by atoms with Crippen LogP contribution in [0.4, 0.5) is 0 Å². The Morgan fingerprint density at radius 2 is 1.45 bits per heavy atom. The van der Waals surface area contributed by atoms with E-state index in [0.717, 1.165) is 81.3 Å². The third-order valence-electron chi connectivity index (χ3n) is 15.2. The van der Waals surface area contributed by atoms with E-state index in [4.69, 9.17) is 0 Å². The second-order valence-electron chi connectivity index (χ2n) is 21.1. The molecule has 4 N–H and O–H groups in total. The van der Waals surface area contributed by atoms with Crippen molar-refractivity contribution in [3.8, 4) is 0 Å². The number of benzene rings is 5. The van der Waals surface area contributed by atoms with Crippen LogP contribution in [0, 0.1) is 5.92 Å². The minimum atomic E-state index is -4.10. The van der Waals surface area contributed by atoms with Gasteiger partial charge in [0, 0.05) is 55.1 Å². The van der Waals surface area contributed by atoms with Gasteiger partial charge in [0.2, 0.25) is 5.91 Å². The highest BCUT2D eigenvalue weighted by atomic mass is 32.2. The van der Waals surface area contributed by atoms with Gasteiger partial charge in [0.15, 0.2) is 0 Å². The molecule has 2 aliphatic carbocycles. The van der Waals surface area contributed by atoms with E-state index in [9.17, 15) is 17.8 Å². The van der Waals surface area contributed by atoms with E-state index in [0.29, 0.717) is 44.1 Å². The van der Waals surface area contributed by atoms with Gasteiger partial charge >= 0.3 is 0 Å². The smallest absolute Gasteiger partial charge is 0.264 e. The average Bonchev–Trinajstić information content (AvgIpc) is 3.40. The summed E-state index contributed by atoms with van der Waals surface area (Å²) in [5.41, 5.74) is 15.6. The SMILES string of the molecule is C=C(C)C(=O)NCCCNCc1c2ccccc2c(CNCc2ccc(C(=C\C=C(\CC)N(CCCS(=O)(=O)O)C3=C(CC)C=CC(C)C3)/C=C/C3=C(CCCC)Cc4ccccc4C3(C)C)cc2)c2ccccc12. The molecule has 0 saturated carbocycles. The lowest BCUT2D eigenvalue weighted by molar-refractivity contribution is -0.117. The molecule has 1 amide bonds. The summed E-state index contributed by atoms with van der Waals surface area (Å²) in [5, 5.41) is 15.4. The van der Waals surface area contributed by atoms with Crippen molar-refractivity contribution in [2.75, 3.05) is 25.4 Å². The standard InChI is InChI=1S/C66H82N4O4S/c1-9-12-21-53-43-54-22-13-18-27-62(54)66(7,8)63(53)37-35-52(34-36-55(11-3)70(40-20-41-75(72,73)74)64-42-48(6)28-31-50(64)10-2)51-32-29-49(30-33-51)44-68-46-61-58-25-16-14-23-56(58)60(57-24-15-17-26-59(57)61)45-67-38-19-39-69-65(71)47(4)5/h13-18,22-37,48,67-68H,4,9-12,19-21,38-46H2,1-3,5-8H3,(H,69,71)(H,72,73,74)/b37-35+,52-34-,55-36-. The van der Waals surface area contributed by atoms with Gasteiger partial charge in [-0.05, 0) is 148 Å². The van der Waals surface area contributed by atoms with Crippen molar-refractivity contribution in [2.45, 2.75) is 131 Å². The van der Waals surface area contributed by atoms with Crippen LogP contribution in [0.2, 0.25) is 0 Å². The first kappa shape index (κ1) is 56.6. The Bertz CT molecular complexity index is 3080. The molecule has 9 heteroatoms. The summed E-state index contributed by atoms with van der Waals surface area (Å²) in [7, 11) is -4.10. The van der Waals surface area contributed by atoms with E-state index >= 15 is 0 Å². The molecule has 0 bridgehead atoms. The average molecular weight is 1030 g/mol. The first-order valence-corrected chi connectivity index (χ1v) is 29.1. The molecule has 5 aromatic carbocycles. The van der Waals surface area contributed by atoms with Crippen molar-refractivity contribution in [3.05, 3.63) is 207 Å². The van der Waals surface area contributed by atoms with Crippen LogP contribution < -0.4 is 16.0 Å². The highest BCUT2D eigenvalue weighted by Crippen LogP contribution is 2.43. The summed E-state index contributed by atoms with van der Waals surface area (Å²) < 4.78 is 33.7. The van der Waals surface area contributed by atoms with Crippen LogP contribution in [-0.2, 0) is 46.4 Å². The molecule has 0 heterocycles. The zero-order valence-corrected chi connectivity index (χ0v) is 46.6. The fraction of sp³-hybridized carbons (Fsp3) is 0.379. The number of nitrogens with one attached hydrogen (secondary N) is 3. The third kappa shape index (κ3) is 14.6. The Morgan fingerprint density at radius 1 is 0.813 bits per heavy atom. The van der Waals surface area contributed by atoms with Crippen LogP contribution in [0.1, 0.15) is 133 Å². The molecule has 0 aliphatic heterocycles. The van der Waals surface area contributed by atoms with Gasteiger partial charge in [0.05, 0.1) is 5.75 Å². The molecule has 0 radical (unpaired) electrons. The fourth-order valence-electron chi connectivity index (χ4n) is 11.1. The van der Waals surface area contributed by atoms with Gasteiger partial charge in [-0.3, -0.25) is 9.35 Å². The van der Waals surface area contributed by atoms with Crippen LogP contribution >= 0.6 is 0 Å². The second kappa shape index (κ2) is 26.6. The molecule has 1 atom stereocenters. The molecule has 5 aromatic rings. The molecule has 75 heavy (non-hydrogen) atoms. The fourth-order valence-corrected chi connectivity index (χ4v) is 11.6. The second-order valence-corrected chi connectivity index (χ2v) is 22.7. The van der Waals surface area contributed by atoms with E-state index in [2.05, 4.69) is 202 Å². The predicted molar refractivity (Wildman–Crippen MR) is 316 cm³/mol. The number of hydrogen-bond acceptors (Lipinski definition) is 6. The molecule has 1 unspecified atom stereocenters. The van der Waals surface area contributed by atoms with Crippen LogP contribution in [-0.4, -0.2) is 49.2 Å². The monoisotopic (exact) mass is 1030 g/mol. The quantitative estimate of drug-likeness (QED) is 0.0144. The van der Waals surface area contributed by atoms with E-state index in [1.165, 1.54) is 71.8 Å². The Balaban J connectivity index is 1.19. The Hall–Kier alpha value is -6.10. The number of fused-ring (bicyclic) bond motifs is 3. The molecule has 7 rings (SSSR count). The summed E-state index contributed by atoms with van der Waals surface area (Å²) >= 11 is 0. The minimum Gasteiger partial charge on any atom is -0.352 e. The van der Waals surface area contributed by atoms with Crippen molar-refractivity contribution in [3.63, 3.8) is 0 Å². The van der Waals surface area contributed by atoms with Gasteiger partial charge in [0.25, 0.3) is 10.1 Å². The summed E-state index contributed by atoms with van der Waals surface area (Å²) in [6.45, 7) is 23.1. The van der Waals surface area contributed by atoms with E-state index in [-0.39, 0.29) is 17.1 Å². The molecule has 0 saturated heterocycles. The van der Waals surface area contributed by atoms with Crippen molar-refractivity contribution in [1.82, 2.24) is 20.9 Å². The number of allylic oxidation sites excluding steroid dienone is 12. The zero-order chi connectivity index (χ0) is 53.5. The van der Waals surface area contributed by atoms with Gasteiger partial charge in [-0.2, -0.15) is 8.42 Å². The number of amides is 1. The highest BCUT2D eigenvalue weighted by Gasteiger charge is 2.33. The summed E-state index contributed by atoms with van der Waals surface area (Å²) in [6.07, 6.45) is 21.7. The van der Waals surface area contributed by atoms with Crippen LogP contribution in [0.5, 0.6) is 0 Å². The number of rotatable bonds is 26. The Labute approximate surface area is 449 Å². The molecule has 0 fully saturated rings. The van der Waals surface area contributed by atoms with Crippen molar-refractivity contribution >= 4 is 43.1 Å². The van der Waals surface area contributed by atoms with Crippen molar-refractivity contribution in [2.24, 2.45) is 5.92 Å². The first-order valence-electron chi connectivity index (χ1n) is 27.5. The maximum atomic E-state index is 12.0. The normalized spacial score (nSPS) is 16.1. The summed E-state index contributed by atoms with van der Waals surface area (Å²) in [4.78, 5) is 14.3. The Kier molecular flexibility index (Phi) is 20.1. The summed E-state index contributed by atoms with van der Waals surface area (Å²) in [6, 6.07) is 35.4. The molecule has 2 aliphatic rings.